The maximum Gasteiger partial charge on any atom is 0.237 e. The summed E-state index contributed by atoms with van der Waals surface area (Å²) >= 11 is 17.3. The van der Waals surface area contributed by atoms with Gasteiger partial charge in [0.15, 0.2) is 6.63 Å². The predicted octanol–water partition coefficient (Wildman–Crippen LogP) is 5.21. The van der Waals surface area contributed by atoms with Crippen LogP contribution in [0.2, 0.25) is 5.02 Å². The Morgan fingerprint density at radius 2 is 1.95 bits per heavy atom. The van der Waals surface area contributed by atoms with Gasteiger partial charge in [-0.1, -0.05) is 41.0 Å². The zero-order valence-electron chi connectivity index (χ0n) is 10.6. The lowest BCUT2D eigenvalue weighted by molar-refractivity contribution is -0.129. The topological polar surface area (TPSA) is 38.3 Å². The summed E-state index contributed by atoms with van der Waals surface area (Å²) in [7, 11) is 0. The van der Waals surface area contributed by atoms with E-state index >= 15 is 0 Å². The molecule has 0 aliphatic heterocycles. The van der Waals surface area contributed by atoms with Gasteiger partial charge in [0.25, 0.3) is 0 Å². The number of hydrogen-bond donors (Lipinski definition) is 1. The number of anilines is 1. The van der Waals surface area contributed by atoms with Gasteiger partial charge in [-0.05, 0) is 37.6 Å². The molecule has 106 valence electrons. The van der Waals surface area contributed by atoms with Crippen molar-refractivity contribution in [2.24, 2.45) is 0 Å². The van der Waals surface area contributed by atoms with E-state index in [1.807, 2.05) is 6.92 Å². The molecule has 0 aliphatic carbocycles. The first kappa shape index (κ1) is 17.0. The quantitative estimate of drug-likeness (QED) is 0.546. The highest BCUT2D eigenvalue weighted by molar-refractivity contribution is 8.14. The number of benzene rings is 1. The molecule has 0 saturated heterocycles. The second-order valence-corrected chi connectivity index (χ2v) is 7.91. The number of carbonyl (C=O) groups excluding carboxylic acids is 1. The van der Waals surface area contributed by atoms with E-state index in [0.29, 0.717) is 17.3 Å². The van der Waals surface area contributed by atoms with Gasteiger partial charge in [0.05, 0.1) is 0 Å². The third-order valence-corrected chi connectivity index (χ3v) is 4.29. The number of carbonyl (C=O) groups is 1. The lowest BCUT2D eigenvalue weighted by Crippen LogP contribution is -2.44. The fraction of sp³-hybridized carbons (Fsp3) is 0.417. The molecule has 0 aromatic heterocycles. The Kier molecular flexibility index (Phi) is 6.85. The van der Waals surface area contributed by atoms with Crippen LogP contribution in [-0.4, -0.2) is 17.9 Å². The van der Waals surface area contributed by atoms with Crippen molar-refractivity contribution in [1.82, 2.24) is 0 Å². The van der Waals surface area contributed by atoms with Crippen LogP contribution < -0.4 is 5.32 Å². The predicted molar refractivity (Wildman–Crippen MR) is 83.4 cm³/mol. The Hall–Kier alpha value is -0.0500. The van der Waals surface area contributed by atoms with Gasteiger partial charge in [-0.3, -0.25) is 4.79 Å². The lowest BCUT2D eigenvalue weighted by Gasteiger charge is -2.30. The highest BCUT2D eigenvalue weighted by Crippen LogP contribution is 2.51. The Morgan fingerprint density at radius 1 is 1.37 bits per heavy atom. The standard InChI is InChI=1S/C12H15Cl3NO2P/c1-3-8-18-12(2,11(17)19(14)15)16-10-6-4-9(13)5-7-10/h4-7,16H,3,8H2,1-2H3/t12-/m1/s1. The number of halogens is 3. The van der Waals surface area contributed by atoms with Crippen molar-refractivity contribution in [2.45, 2.75) is 26.0 Å². The van der Waals surface area contributed by atoms with Crippen LogP contribution >= 0.6 is 40.7 Å². The molecule has 0 unspecified atom stereocenters. The van der Waals surface area contributed by atoms with E-state index in [0.717, 1.165) is 6.42 Å². The molecule has 1 aromatic carbocycles. The Balaban J connectivity index is 2.90. The van der Waals surface area contributed by atoms with Crippen molar-refractivity contribution >= 4 is 51.9 Å². The highest BCUT2D eigenvalue weighted by Gasteiger charge is 2.38. The van der Waals surface area contributed by atoms with E-state index in [2.05, 4.69) is 5.32 Å². The molecular formula is C12H15Cl3NO2P. The van der Waals surface area contributed by atoms with Gasteiger partial charge in [0.1, 0.15) is 0 Å². The third kappa shape index (κ3) is 5.09. The van der Waals surface area contributed by atoms with Crippen LogP contribution in [0.3, 0.4) is 0 Å². The van der Waals surface area contributed by atoms with Crippen LogP contribution in [0.1, 0.15) is 20.3 Å². The Bertz CT molecular complexity index is 427. The zero-order valence-corrected chi connectivity index (χ0v) is 13.8. The normalized spacial score (nSPS) is 14.2. The molecule has 19 heavy (non-hydrogen) atoms. The van der Waals surface area contributed by atoms with E-state index in [-0.39, 0.29) is 5.52 Å². The van der Waals surface area contributed by atoms with Gasteiger partial charge < -0.3 is 10.1 Å². The number of nitrogens with one attached hydrogen (secondary N) is 1. The lowest BCUT2D eigenvalue weighted by atomic mass is 10.2. The van der Waals surface area contributed by atoms with Crippen LogP contribution in [0.4, 0.5) is 5.69 Å². The van der Waals surface area contributed by atoms with Crippen molar-refractivity contribution in [3.63, 3.8) is 0 Å². The molecule has 0 bridgehead atoms. The second kappa shape index (κ2) is 7.66. The zero-order chi connectivity index (χ0) is 14.5. The van der Waals surface area contributed by atoms with Crippen molar-refractivity contribution in [3.8, 4) is 0 Å². The molecule has 0 amide bonds. The summed E-state index contributed by atoms with van der Waals surface area (Å²) in [6.07, 6.45) is 0.785. The maximum absolute atomic E-state index is 12.1. The summed E-state index contributed by atoms with van der Waals surface area (Å²) < 4.78 is 5.59. The molecule has 0 aliphatic rings. The van der Waals surface area contributed by atoms with Gasteiger partial charge in [-0.15, -0.1) is 0 Å². The van der Waals surface area contributed by atoms with Crippen molar-refractivity contribution in [3.05, 3.63) is 29.3 Å². The van der Waals surface area contributed by atoms with Crippen LogP contribution in [0.5, 0.6) is 0 Å². The highest BCUT2D eigenvalue weighted by atomic mass is 35.9. The van der Waals surface area contributed by atoms with Crippen LogP contribution in [0.25, 0.3) is 0 Å². The molecule has 1 aromatic rings. The minimum atomic E-state index is -1.78. The molecule has 0 spiro atoms. The van der Waals surface area contributed by atoms with Crippen LogP contribution in [-0.2, 0) is 9.53 Å². The van der Waals surface area contributed by atoms with Gasteiger partial charge in [0.2, 0.25) is 11.2 Å². The fourth-order valence-electron chi connectivity index (χ4n) is 1.43. The summed E-state index contributed by atoms with van der Waals surface area (Å²) in [6.45, 7) is 2.23. The van der Waals surface area contributed by atoms with Crippen LogP contribution in [0, 0.1) is 0 Å². The van der Waals surface area contributed by atoms with E-state index in [1.54, 1.807) is 31.2 Å². The van der Waals surface area contributed by atoms with Gasteiger partial charge >= 0.3 is 0 Å². The van der Waals surface area contributed by atoms with Crippen LogP contribution in [0.15, 0.2) is 24.3 Å². The summed E-state index contributed by atoms with van der Waals surface area (Å²) in [4.78, 5) is 12.1. The van der Waals surface area contributed by atoms with Crippen molar-refractivity contribution in [2.75, 3.05) is 11.9 Å². The summed E-state index contributed by atoms with van der Waals surface area (Å²) in [5.41, 5.74) is -0.894. The van der Waals surface area contributed by atoms with E-state index in [1.165, 1.54) is 0 Å². The van der Waals surface area contributed by atoms with Gasteiger partial charge in [0, 0.05) is 17.3 Å². The largest absolute Gasteiger partial charge is 0.351 e. The van der Waals surface area contributed by atoms with E-state index in [4.69, 9.17) is 38.8 Å². The first-order valence-electron chi connectivity index (χ1n) is 5.73. The minimum Gasteiger partial charge on any atom is -0.351 e. The van der Waals surface area contributed by atoms with Gasteiger partial charge in [-0.2, -0.15) is 0 Å². The SMILES string of the molecule is CCCO[C@@](C)(Nc1ccc(Cl)cc1)C(=O)P(Cl)Cl. The number of ether oxygens (including phenoxy) is 1. The van der Waals surface area contributed by atoms with E-state index in [9.17, 15) is 4.79 Å². The smallest absolute Gasteiger partial charge is 0.237 e. The monoisotopic (exact) mass is 341 g/mol. The molecular weight excluding hydrogens is 327 g/mol. The number of hydrogen-bond acceptors (Lipinski definition) is 3. The van der Waals surface area contributed by atoms with E-state index < -0.39 is 12.4 Å². The second-order valence-electron chi connectivity index (χ2n) is 4.05. The fourth-order valence-corrected chi connectivity index (χ4v) is 2.96. The molecule has 7 heteroatoms. The molecule has 0 heterocycles. The van der Waals surface area contributed by atoms with Gasteiger partial charge in [-0.25, -0.2) is 0 Å². The summed E-state index contributed by atoms with van der Waals surface area (Å²) in [5.74, 6) is 0. The first-order valence-corrected chi connectivity index (χ1v) is 9.26. The molecule has 1 atom stereocenters. The van der Waals surface area contributed by atoms with Crippen molar-refractivity contribution in [1.29, 1.82) is 0 Å². The molecule has 1 rings (SSSR count). The molecule has 0 fully saturated rings. The summed E-state index contributed by atoms with van der Waals surface area (Å²) in [6, 6.07) is 6.96. The molecule has 1 N–H and O–H groups in total. The minimum absolute atomic E-state index is 0.366. The average molecular weight is 343 g/mol. The molecule has 0 radical (unpaired) electrons. The summed E-state index contributed by atoms with van der Waals surface area (Å²) in [5, 5.41) is 3.63. The van der Waals surface area contributed by atoms with Crippen molar-refractivity contribution < 1.29 is 9.53 Å². The molecule has 3 nitrogen and oxygen atoms in total. The third-order valence-electron chi connectivity index (χ3n) is 2.38. The number of rotatable bonds is 7. The Morgan fingerprint density at radius 3 is 2.42 bits per heavy atom. The Labute approximate surface area is 128 Å². The maximum atomic E-state index is 12.1. The average Bonchev–Trinajstić information content (AvgIpc) is 2.38. The molecule has 0 saturated carbocycles. The first-order chi connectivity index (χ1) is 8.89.